The maximum Gasteiger partial charge on any atom is 0.317 e. The van der Waals surface area contributed by atoms with E-state index in [4.69, 9.17) is 9.15 Å². The third-order valence-electron chi connectivity index (χ3n) is 3.80. The lowest BCUT2D eigenvalue weighted by Gasteiger charge is -2.32. The van der Waals surface area contributed by atoms with E-state index in [0.29, 0.717) is 26.2 Å². The van der Waals surface area contributed by atoms with Gasteiger partial charge in [-0.1, -0.05) is 0 Å². The molecule has 1 aliphatic heterocycles. The second-order valence-corrected chi connectivity index (χ2v) is 6.44. The Bertz CT molecular complexity index is 649. The normalized spacial score (nSPS) is 18.5. The minimum absolute atomic E-state index is 0.0515. The number of hydrogen-bond acceptors (Lipinski definition) is 4. The summed E-state index contributed by atoms with van der Waals surface area (Å²) in [5.74, 6) is 1.64. The standard InChI is InChI=1S/C16H20N2O3S/c1-11-5-8-22-15(11)9-17-16(19)18-6-7-20-14(10-18)13-4-3-12(2)21-13/h3-5,8,14H,6-7,9-10H2,1-2H3,(H,17,19)/t14-/m0/s1. The number of amides is 2. The molecule has 3 rings (SSSR count). The van der Waals surface area contributed by atoms with Gasteiger partial charge in [-0.15, -0.1) is 11.3 Å². The van der Waals surface area contributed by atoms with Crippen LogP contribution in [-0.4, -0.2) is 30.6 Å². The fourth-order valence-corrected chi connectivity index (χ4v) is 3.33. The Morgan fingerprint density at radius 2 is 2.27 bits per heavy atom. The summed E-state index contributed by atoms with van der Waals surface area (Å²) in [6.45, 7) is 6.18. The lowest BCUT2D eigenvalue weighted by molar-refractivity contribution is -0.0263. The maximum absolute atomic E-state index is 12.3. The van der Waals surface area contributed by atoms with E-state index in [-0.39, 0.29) is 12.1 Å². The zero-order valence-electron chi connectivity index (χ0n) is 12.8. The fraction of sp³-hybridized carbons (Fsp3) is 0.438. The van der Waals surface area contributed by atoms with Crippen molar-refractivity contribution in [1.82, 2.24) is 10.2 Å². The van der Waals surface area contributed by atoms with Crippen molar-refractivity contribution in [3.05, 3.63) is 45.5 Å². The summed E-state index contributed by atoms with van der Waals surface area (Å²) in [6.07, 6.45) is -0.184. The largest absolute Gasteiger partial charge is 0.464 e. The number of hydrogen-bond donors (Lipinski definition) is 1. The predicted octanol–water partition coefficient (Wildman–Crippen LogP) is 3.24. The molecule has 3 heterocycles. The molecule has 22 heavy (non-hydrogen) atoms. The van der Waals surface area contributed by atoms with Crippen molar-refractivity contribution in [2.24, 2.45) is 0 Å². The molecular formula is C16H20N2O3S. The van der Waals surface area contributed by atoms with E-state index < -0.39 is 0 Å². The van der Waals surface area contributed by atoms with Gasteiger partial charge in [0.05, 0.1) is 19.7 Å². The van der Waals surface area contributed by atoms with E-state index in [1.54, 1.807) is 16.2 Å². The van der Waals surface area contributed by atoms with Gasteiger partial charge in [0.1, 0.15) is 17.6 Å². The maximum atomic E-state index is 12.3. The van der Waals surface area contributed by atoms with Crippen molar-refractivity contribution in [2.75, 3.05) is 19.7 Å². The summed E-state index contributed by atoms with van der Waals surface area (Å²) >= 11 is 1.67. The van der Waals surface area contributed by atoms with Crippen molar-refractivity contribution in [3.8, 4) is 0 Å². The molecule has 0 spiro atoms. The molecule has 0 bridgehead atoms. The van der Waals surface area contributed by atoms with E-state index in [9.17, 15) is 4.79 Å². The number of ether oxygens (including phenoxy) is 1. The summed E-state index contributed by atoms with van der Waals surface area (Å²) in [7, 11) is 0. The van der Waals surface area contributed by atoms with Gasteiger partial charge >= 0.3 is 6.03 Å². The zero-order chi connectivity index (χ0) is 15.5. The van der Waals surface area contributed by atoms with Crippen molar-refractivity contribution in [3.63, 3.8) is 0 Å². The van der Waals surface area contributed by atoms with Gasteiger partial charge in [-0.05, 0) is 43.0 Å². The molecule has 2 amide bonds. The van der Waals surface area contributed by atoms with Crippen LogP contribution >= 0.6 is 11.3 Å². The number of urea groups is 1. The fourth-order valence-electron chi connectivity index (χ4n) is 2.49. The number of rotatable bonds is 3. The molecule has 2 aromatic rings. The van der Waals surface area contributed by atoms with Crippen molar-refractivity contribution in [1.29, 1.82) is 0 Å². The van der Waals surface area contributed by atoms with Gasteiger partial charge in [0.2, 0.25) is 0 Å². The molecule has 0 unspecified atom stereocenters. The van der Waals surface area contributed by atoms with Gasteiger partial charge in [-0.3, -0.25) is 0 Å². The number of furan rings is 1. The summed E-state index contributed by atoms with van der Waals surface area (Å²) in [5.41, 5.74) is 1.22. The van der Waals surface area contributed by atoms with Crippen LogP contribution in [0.1, 0.15) is 28.1 Å². The molecule has 1 N–H and O–H groups in total. The molecule has 1 aliphatic rings. The molecule has 6 heteroatoms. The smallest absolute Gasteiger partial charge is 0.317 e. The lowest BCUT2D eigenvalue weighted by atomic mass is 10.2. The molecular weight excluding hydrogens is 300 g/mol. The van der Waals surface area contributed by atoms with E-state index in [0.717, 1.165) is 11.5 Å². The van der Waals surface area contributed by atoms with Crippen LogP contribution in [0.4, 0.5) is 4.79 Å². The van der Waals surface area contributed by atoms with E-state index in [2.05, 4.69) is 18.3 Å². The van der Waals surface area contributed by atoms with Crippen LogP contribution in [0.2, 0.25) is 0 Å². The van der Waals surface area contributed by atoms with Crippen LogP contribution in [-0.2, 0) is 11.3 Å². The second-order valence-electron chi connectivity index (χ2n) is 5.44. The number of carbonyl (C=O) groups is 1. The van der Waals surface area contributed by atoms with Crippen molar-refractivity contribution >= 4 is 17.4 Å². The molecule has 0 radical (unpaired) electrons. The first kappa shape index (κ1) is 15.1. The second kappa shape index (κ2) is 6.54. The number of nitrogens with one attached hydrogen (secondary N) is 1. The molecule has 1 saturated heterocycles. The molecule has 0 saturated carbocycles. The average molecular weight is 320 g/mol. The number of nitrogens with zero attached hydrogens (tertiary/aromatic N) is 1. The number of morpholine rings is 1. The molecule has 1 fully saturated rings. The Labute approximate surface area is 133 Å². The van der Waals surface area contributed by atoms with Gasteiger partial charge < -0.3 is 19.4 Å². The highest BCUT2D eigenvalue weighted by atomic mass is 32.1. The summed E-state index contributed by atoms with van der Waals surface area (Å²) < 4.78 is 11.3. The van der Waals surface area contributed by atoms with Gasteiger partial charge in [0.15, 0.2) is 0 Å². The zero-order valence-corrected chi connectivity index (χ0v) is 13.6. The summed E-state index contributed by atoms with van der Waals surface area (Å²) in [5, 5.41) is 5.03. The Morgan fingerprint density at radius 3 is 2.95 bits per heavy atom. The minimum atomic E-state index is -0.184. The first-order valence-corrected chi connectivity index (χ1v) is 8.25. The van der Waals surface area contributed by atoms with Gasteiger partial charge in [0, 0.05) is 11.4 Å². The summed E-state index contributed by atoms with van der Waals surface area (Å²) in [6, 6.07) is 5.84. The van der Waals surface area contributed by atoms with Gasteiger partial charge in [0.25, 0.3) is 0 Å². The highest BCUT2D eigenvalue weighted by Gasteiger charge is 2.27. The van der Waals surface area contributed by atoms with Gasteiger partial charge in [-0.25, -0.2) is 4.79 Å². The molecule has 118 valence electrons. The number of carbonyl (C=O) groups excluding carboxylic acids is 1. The Morgan fingerprint density at radius 1 is 1.41 bits per heavy atom. The molecule has 0 aromatic carbocycles. The molecule has 0 aliphatic carbocycles. The highest BCUT2D eigenvalue weighted by Crippen LogP contribution is 2.24. The quantitative estimate of drug-likeness (QED) is 0.944. The van der Waals surface area contributed by atoms with Crippen molar-refractivity contribution < 1.29 is 13.9 Å². The number of aryl methyl sites for hydroxylation is 2. The molecule has 2 aromatic heterocycles. The topological polar surface area (TPSA) is 54.7 Å². The molecule has 5 nitrogen and oxygen atoms in total. The van der Waals surface area contributed by atoms with Crippen LogP contribution in [0, 0.1) is 13.8 Å². The van der Waals surface area contributed by atoms with Crippen LogP contribution in [0.3, 0.4) is 0 Å². The van der Waals surface area contributed by atoms with E-state index in [1.807, 2.05) is 24.4 Å². The SMILES string of the molecule is Cc1ccc([C@@H]2CN(C(=O)NCc3sccc3C)CCO2)o1. The third kappa shape index (κ3) is 3.34. The monoisotopic (exact) mass is 320 g/mol. The Balaban J connectivity index is 1.57. The van der Waals surface area contributed by atoms with E-state index >= 15 is 0 Å². The first-order valence-electron chi connectivity index (χ1n) is 7.37. The van der Waals surface area contributed by atoms with Crippen LogP contribution < -0.4 is 5.32 Å². The lowest BCUT2D eigenvalue weighted by Crippen LogP contribution is -2.46. The third-order valence-corrected chi connectivity index (χ3v) is 4.82. The predicted molar refractivity (Wildman–Crippen MR) is 85.0 cm³/mol. The van der Waals surface area contributed by atoms with Gasteiger partial charge in [-0.2, -0.15) is 0 Å². The average Bonchev–Trinajstić information content (AvgIpc) is 3.13. The molecule has 1 atom stereocenters. The van der Waals surface area contributed by atoms with Crippen LogP contribution in [0.25, 0.3) is 0 Å². The Hall–Kier alpha value is -1.79. The van der Waals surface area contributed by atoms with E-state index in [1.165, 1.54) is 10.4 Å². The van der Waals surface area contributed by atoms with Crippen LogP contribution in [0.5, 0.6) is 0 Å². The number of thiophene rings is 1. The van der Waals surface area contributed by atoms with Crippen LogP contribution in [0.15, 0.2) is 28.0 Å². The van der Waals surface area contributed by atoms with Crippen molar-refractivity contribution in [2.45, 2.75) is 26.5 Å². The first-order chi connectivity index (χ1) is 10.6. The highest BCUT2D eigenvalue weighted by molar-refractivity contribution is 7.10. The minimum Gasteiger partial charge on any atom is -0.464 e. The Kier molecular flexibility index (Phi) is 4.49. The summed E-state index contributed by atoms with van der Waals surface area (Å²) in [4.78, 5) is 15.3.